The molecule has 4 atom stereocenters. The summed E-state index contributed by atoms with van der Waals surface area (Å²) in [5.41, 5.74) is 10.8. The van der Waals surface area contributed by atoms with Crippen LogP contribution in [0.1, 0.15) is 64.2 Å². The molecule has 0 bridgehead atoms. The number of ether oxygens (including phenoxy) is 3. The standard InChI is InChI=1S/C21H33N3O7.C12H21N3O7.C2HF3O/c1-4-13-29-18(25)11-10-17(20(27)31-15-6-3)24-21(28)23-16(9-7-8-12-22)19(26)30-14-5-2;13-6-2-1-3-7(10(18)19)14-12(22)15-8(11(20)21)4-5-9(16)17;3-2(4,5)1-6/h4-6,16-17H,1-3,7-15,22H2,(H2,23,24,28);7-8H,1-6,13H2,(H,16,17)(H,18,19)(H,20,21)(H2,14,15,22);1H. The van der Waals surface area contributed by atoms with Gasteiger partial charge in [-0.1, -0.05) is 38.0 Å². The molecule has 0 spiro atoms. The fourth-order valence-corrected chi connectivity index (χ4v) is 3.95. The van der Waals surface area contributed by atoms with Crippen LogP contribution in [0.2, 0.25) is 0 Å². The average molecular weight is 857 g/mol. The number of halogens is 3. The zero-order valence-electron chi connectivity index (χ0n) is 32.4. The van der Waals surface area contributed by atoms with Crippen LogP contribution < -0.4 is 32.7 Å². The molecule has 4 unspecified atom stereocenters. The molecule has 11 N–H and O–H groups in total. The number of nitrogens with one attached hydrogen (secondary N) is 4. The molecule has 0 aliphatic rings. The number of hydrogen-bond donors (Lipinski definition) is 9. The number of unbranched alkanes of at least 4 members (excludes halogenated alkanes) is 2. The highest BCUT2D eigenvalue weighted by Crippen LogP contribution is 2.09. The van der Waals surface area contributed by atoms with E-state index in [1.807, 2.05) is 5.32 Å². The fraction of sp³-hybridized carbons (Fsp3) is 0.571. The number of urea groups is 2. The number of esters is 3. The smallest absolute Gasteiger partial charge is 0.446 e. The van der Waals surface area contributed by atoms with Gasteiger partial charge in [0.1, 0.15) is 44.0 Å². The Bertz CT molecular complexity index is 1370. The lowest BCUT2D eigenvalue weighted by Crippen LogP contribution is -2.52. The third-order valence-electron chi connectivity index (χ3n) is 6.75. The first-order valence-electron chi connectivity index (χ1n) is 17.8. The number of carboxylic acids is 3. The lowest BCUT2D eigenvalue weighted by atomic mass is 10.1. The summed E-state index contributed by atoms with van der Waals surface area (Å²) in [7, 11) is 0. The topological polar surface area (TPSA) is 342 Å². The van der Waals surface area contributed by atoms with Crippen LogP contribution in [0.4, 0.5) is 22.8 Å². The number of aldehydes is 1. The van der Waals surface area contributed by atoms with Crippen LogP contribution in [0, 0.1) is 0 Å². The van der Waals surface area contributed by atoms with Gasteiger partial charge >= 0.3 is 54.1 Å². The Morgan fingerprint density at radius 3 is 1.27 bits per heavy atom. The van der Waals surface area contributed by atoms with Gasteiger partial charge in [0.25, 0.3) is 0 Å². The summed E-state index contributed by atoms with van der Waals surface area (Å²) in [6.45, 7) is 11.2. The second kappa shape index (κ2) is 35.1. The molecular formula is C35H55F3N6O15. The molecule has 0 aliphatic carbocycles. The molecule has 0 fully saturated rings. The van der Waals surface area contributed by atoms with E-state index in [1.54, 1.807) is 0 Å². The first kappa shape index (κ1) is 57.3. The summed E-state index contributed by atoms with van der Waals surface area (Å²) in [5.74, 6) is -5.78. The molecule has 0 rings (SSSR count). The van der Waals surface area contributed by atoms with E-state index >= 15 is 0 Å². The highest BCUT2D eigenvalue weighted by molar-refractivity contribution is 5.88. The molecule has 0 radical (unpaired) electrons. The maximum absolute atomic E-state index is 12.4. The van der Waals surface area contributed by atoms with E-state index in [-0.39, 0.29) is 45.5 Å². The predicted octanol–water partition coefficient (Wildman–Crippen LogP) is 1.05. The number of carbonyl (C=O) groups is 9. The van der Waals surface area contributed by atoms with Crippen LogP contribution in [0.25, 0.3) is 0 Å². The van der Waals surface area contributed by atoms with E-state index in [0.29, 0.717) is 45.2 Å². The molecule has 0 aromatic carbocycles. The van der Waals surface area contributed by atoms with Crippen molar-refractivity contribution in [2.24, 2.45) is 11.5 Å². The van der Waals surface area contributed by atoms with Crippen LogP contribution in [0.15, 0.2) is 38.0 Å². The van der Waals surface area contributed by atoms with Crippen molar-refractivity contribution in [1.29, 1.82) is 0 Å². The number of aliphatic carboxylic acids is 3. The minimum absolute atomic E-state index is 0.00115. The number of alkyl halides is 3. The van der Waals surface area contributed by atoms with Crippen molar-refractivity contribution in [1.82, 2.24) is 21.3 Å². The second-order valence-corrected chi connectivity index (χ2v) is 11.6. The van der Waals surface area contributed by atoms with Gasteiger partial charge in [0.2, 0.25) is 6.29 Å². The predicted molar refractivity (Wildman–Crippen MR) is 201 cm³/mol. The first-order valence-corrected chi connectivity index (χ1v) is 17.8. The summed E-state index contributed by atoms with van der Waals surface area (Å²) >= 11 is 0. The molecule has 21 nitrogen and oxygen atoms in total. The Kier molecular flexibility index (Phi) is 34.1. The van der Waals surface area contributed by atoms with E-state index in [9.17, 15) is 51.5 Å². The Labute approximate surface area is 338 Å². The average Bonchev–Trinajstić information content (AvgIpc) is 3.17. The first-order chi connectivity index (χ1) is 27.7. The fourth-order valence-electron chi connectivity index (χ4n) is 3.95. The summed E-state index contributed by atoms with van der Waals surface area (Å²) in [5, 5.41) is 35.5. The molecule has 0 aliphatic heterocycles. The molecule has 0 aromatic heterocycles. The van der Waals surface area contributed by atoms with Gasteiger partial charge in [0.15, 0.2) is 0 Å². The highest BCUT2D eigenvalue weighted by atomic mass is 19.4. The SMILES string of the molecule is C=CCOC(=O)CCC(NC(=O)NC(CCCCN)C(=O)OCC=C)C(=O)OCC=C.NCCCCC(NC(=O)NC(CCC(=O)O)C(=O)O)C(=O)O.O=CC(F)(F)F. The minimum Gasteiger partial charge on any atom is -0.481 e. The number of nitrogens with two attached hydrogens (primary N) is 2. The molecule has 0 aromatic rings. The van der Waals surface area contributed by atoms with Crippen molar-refractivity contribution in [3.8, 4) is 0 Å². The lowest BCUT2D eigenvalue weighted by molar-refractivity contribution is -0.156. The third kappa shape index (κ3) is 34.9. The van der Waals surface area contributed by atoms with Gasteiger partial charge in [-0.2, -0.15) is 13.2 Å². The van der Waals surface area contributed by atoms with E-state index in [1.165, 1.54) is 18.2 Å². The van der Waals surface area contributed by atoms with Crippen molar-refractivity contribution < 1.29 is 85.9 Å². The zero-order valence-corrected chi connectivity index (χ0v) is 32.4. The second-order valence-electron chi connectivity index (χ2n) is 11.6. The quantitative estimate of drug-likeness (QED) is 0.0175. The Morgan fingerprint density at radius 1 is 0.576 bits per heavy atom. The number of carbonyl (C=O) groups excluding carboxylic acids is 6. The normalized spacial score (nSPS) is 12.2. The van der Waals surface area contributed by atoms with Crippen LogP contribution in [0.5, 0.6) is 0 Å². The Morgan fingerprint density at radius 2 is 0.915 bits per heavy atom. The summed E-state index contributed by atoms with van der Waals surface area (Å²) in [4.78, 5) is 101. The maximum atomic E-state index is 12.4. The van der Waals surface area contributed by atoms with Crippen LogP contribution >= 0.6 is 0 Å². The van der Waals surface area contributed by atoms with Crippen LogP contribution in [-0.2, 0) is 47.8 Å². The van der Waals surface area contributed by atoms with Gasteiger partial charge in [-0.05, 0) is 64.5 Å². The van der Waals surface area contributed by atoms with Gasteiger partial charge in [-0.3, -0.25) is 14.4 Å². The molecular weight excluding hydrogens is 801 g/mol. The monoisotopic (exact) mass is 856 g/mol. The number of rotatable bonds is 28. The Hall–Kier alpha value is -6.04. The summed E-state index contributed by atoms with van der Waals surface area (Å²) < 4.78 is 46.1. The number of hydrogen-bond acceptors (Lipinski definition) is 14. The van der Waals surface area contributed by atoms with Gasteiger partial charge in [-0.25, -0.2) is 28.8 Å². The van der Waals surface area contributed by atoms with Crippen molar-refractivity contribution in [2.45, 2.75) is 94.6 Å². The van der Waals surface area contributed by atoms with E-state index in [4.69, 9.17) is 45.8 Å². The Balaban J connectivity index is -0.000000971. The van der Waals surface area contributed by atoms with Crippen molar-refractivity contribution in [3.63, 3.8) is 0 Å². The minimum atomic E-state index is -4.64. The van der Waals surface area contributed by atoms with Gasteiger partial charge < -0.3 is 62.3 Å². The summed E-state index contributed by atoms with van der Waals surface area (Å²) in [6.07, 6.45) is 0.375. The lowest BCUT2D eigenvalue weighted by Gasteiger charge is -2.21. The molecule has 0 heterocycles. The third-order valence-corrected chi connectivity index (χ3v) is 6.75. The maximum Gasteiger partial charge on any atom is 0.446 e. The number of amides is 4. The van der Waals surface area contributed by atoms with Crippen molar-refractivity contribution >= 4 is 54.2 Å². The molecule has 0 saturated heterocycles. The molecule has 59 heavy (non-hydrogen) atoms. The van der Waals surface area contributed by atoms with Gasteiger partial charge in [0.05, 0.1) is 0 Å². The van der Waals surface area contributed by atoms with Gasteiger partial charge in [-0.15, -0.1) is 0 Å². The largest absolute Gasteiger partial charge is 0.481 e. The van der Waals surface area contributed by atoms with E-state index < -0.39 is 90.9 Å². The van der Waals surface area contributed by atoms with Gasteiger partial charge in [0, 0.05) is 12.8 Å². The number of carboxylic acid groups (broad SMARTS) is 3. The molecule has 24 heteroatoms. The van der Waals surface area contributed by atoms with E-state index in [2.05, 4.69) is 35.7 Å². The zero-order chi connectivity index (χ0) is 45.8. The van der Waals surface area contributed by atoms with Crippen molar-refractivity contribution in [3.05, 3.63) is 38.0 Å². The highest BCUT2D eigenvalue weighted by Gasteiger charge is 2.28. The van der Waals surface area contributed by atoms with Crippen molar-refractivity contribution in [2.75, 3.05) is 32.9 Å². The molecule has 336 valence electrons. The molecule has 4 amide bonds. The molecule has 0 saturated carbocycles. The van der Waals surface area contributed by atoms with E-state index in [0.717, 1.165) is 0 Å². The van der Waals surface area contributed by atoms with Crippen LogP contribution in [-0.4, -0.2) is 133 Å². The summed E-state index contributed by atoms with van der Waals surface area (Å²) in [6, 6.07) is -6.40. The van der Waals surface area contributed by atoms with Crippen LogP contribution in [0.3, 0.4) is 0 Å².